The zero-order valence-electron chi connectivity index (χ0n) is 15.4. The standard InChI is InChI=1S/C23H27NO2/c1-17-2-4-18(5-3-17)15-23(26)8-10-24(11-9-23)16-19-12-20-6-7-22(25)14-21(20)13-19/h2-7,13-14,25-26H,8-12,15-16H2,1H3. The Labute approximate surface area is 155 Å². The van der Waals surface area contributed by atoms with Crippen LogP contribution in [-0.2, 0) is 12.8 Å². The van der Waals surface area contributed by atoms with Crippen LogP contribution in [0.5, 0.6) is 5.75 Å². The Balaban J connectivity index is 1.32. The number of nitrogens with zero attached hydrogens (tertiary/aromatic N) is 1. The maximum absolute atomic E-state index is 11.0. The number of phenols is 1. The first-order chi connectivity index (χ1) is 12.5. The molecular weight excluding hydrogens is 322 g/mol. The fourth-order valence-corrected chi connectivity index (χ4v) is 4.17. The highest BCUT2D eigenvalue weighted by atomic mass is 16.3. The third-order valence-electron chi connectivity index (χ3n) is 5.77. The fraction of sp³-hybridized carbons (Fsp3) is 0.391. The highest BCUT2D eigenvalue weighted by molar-refractivity contribution is 5.65. The van der Waals surface area contributed by atoms with Crippen molar-refractivity contribution in [2.45, 2.75) is 38.2 Å². The highest BCUT2D eigenvalue weighted by Gasteiger charge is 2.32. The van der Waals surface area contributed by atoms with E-state index in [4.69, 9.17) is 0 Å². The number of rotatable bonds is 4. The van der Waals surface area contributed by atoms with Crippen LogP contribution in [0.3, 0.4) is 0 Å². The van der Waals surface area contributed by atoms with Gasteiger partial charge in [-0.3, -0.25) is 4.90 Å². The molecule has 2 aromatic rings. The first kappa shape index (κ1) is 17.3. The summed E-state index contributed by atoms with van der Waals surface area (Å²) < 4.78 is 0. The van der Waals surface area contributed by atoms with Crippen molar-refractivity contribution in [3.05, 3.63) is 70.3 Å². The van der Waals surface area contributed by atoms with E-state index in [-0.39, 0.29) is 0 Å². The quantitative estimate of drug-likeness (QED) is 0.884. The first-order valence-electron chi connectivity index (χ1n) is 9.51. The van der Waals surface area contributed by atoms with Gasteiger partial charge in [0.25, 0.3) is 0 Å². The van der Waals surface area contributed by atoms with Crippen LogP contribution in [0.1, 0.15) is 35.1 Å². The molecule has 2 aromatic carbocycles. The zero-order chi connectivity index (χ0) is 18.1. The van der Waals surface area contributed by atoms with Gasteiger partial charge in [0.2, 0.25) is 0 Å². The van der Waals surface area contributed by atoms with Crippen LogP contribution in [0.25, 0.3) is 6.08 Å². The molecule has 0 spiro atoms. The van der Waals surface area contributed by atoms with Crippen molar-refractivity contribution in [1.29, 1.82) is 0 Å². The van der Waals surface area contributed by atoms with Gasteiger partial charge in [-0.2, -0.15) is 0 Å². The Morgan fingerprint density at radius 1 is 1.04 bits per heavy atom. The number of phenolic OH excluding ortho intramolecular Hbond substituents is 1. The lowest BCUT2D eigenvalue weighted by Gasteiger charge is -2.38. The van der Waals surface area contributed by atoms with Crippen LogP contribution >= 0.6 is 0 Å². The van der Waals surface area contributed by atoms with Crippen LogP contribution < -0.4 is 0 Å². The Morgan fingerprint density at radius 2 is 1.77 bits per heavy atom. The molecule has 1 heterocycles. The molecule has 1 aliphatic heterocycles. The van der Waals surface area contributed by atoms with Gasteiger partial charge in [0.1, 0.15) is 5.75 Å². The van der Waals surface area contributed by atoms with Gasteiger partial charge in [0.15, 0.2) is 0 Å². The third kappa shape index (κ3) is 3.84. The van der Waals surface area contributed by atoms with E-state index in [1.54, 1.807) is 6.07 Å². The molecule has 0 atom stereocenters. The summed E-state index contributed by atoms with van der Waals surface area (Å²) in [6, 6.07) is 14.1. The normalized spacial score (nSPS) is 19.2. The molecule has 0 aromatic heterocycles. The number of piperidine rings is 1. The number of aromatic hydroxyl groups is 1. The van der Waals surface area contributed by atoms with Crippen molar-refractivity contribution in [2.24, 2.45) is 0 Å². The summed E-state index contributed by atoms with van der Waals surface area (Å²) >= 11 is 0. The predicted molar refractivity (Wildman–Crippen MR) is 105 cm³/mol. The Bertz CT molecular complexity index is 815. The molecular formula is C23H27NO2. The van der Waals surface area contributed by atoms with Gasteiger partial charge in [-0.15, -0.1) is 0 Å². The van der Waals surface area contributed by atoms with Crippen molar-refractivity contribution in [3.8, 4) is 5.75 Å². The number of hydrogen-bond acceptors (Lipinski definition) is 3. The molecule has 0 amide bonds. The second-order valence-electron chi connectivity index (χ2n) is 8.03. The van der Waals surface area contributed by atoms with Crippen molar-refractivity contribution in [3.63, 3.8) is 0 Å². The predicted octanol–water partition coefficient (Wildman–Crippen LogP) is 3.71. The number of aliphatic hydroxyl groups is 1. The molecule has 3 nitrogen and oxygen atoms in total. The molecule has 0 bridgehead atoms. The van der Waals surface area contributed by atoms with Crippen LogP contribution in [0, 0.1) is 6.92 Å². The Hall–Kier alpha value is -2.10. The average Bonchev–Trinajstić information content (AvgIpc) is 3.01. The molecule has 4 rings (SSSR count). The molecule has 0 radical (unpaired) electrons. The molecule has 0 unspecified atom stereocenters. The lowest BCUT2D eigenvalue weighted by molar-refractivity contribution is -0.0186. The molecule has 2 aliphatic rings. The second-order valence-corrected chi connectivity index (χ2v) is 8.03. The minimum absolute atomic E-state index is 0.334. The molecule has 1 fully saturated rings. The van der Waals surface area contributed by atoms with E-state index in [2.05, 4.69) is 42.2 Å². The third-order valence-corrected chi connectivity index (χ3v) is 5.77. The van der Waals surface area contributed by atoms with Gasteiger partial charge in [0.05, 0.1) is 5.60 Å². The summed E-state index contributed by atoms with van der Waals surface area (Å²) in [5.41, 5.74) is 5.74. The van der Waals surface area contributed by atoms with Gasteiger partial charge in [-0.05, 0) is 55.0 Å². The molecule has 26 heavy (non-hydrogen) atoms. The zero-order valence-corrected chi connectivity index (χ0v) is 15.4. The largest absolute Gasteiger partial charge is 0.508 e. The lowest BCUT2D eigenvalue weighted by atomic mass is 9.85. The molecule has 1 aliphatic carbocycles. The van der Waals surface area contributed by atoms with Crippen LogP contribution in [0.4, 0.5) is 0 Å². The van der Waals surface area contributed by atoms with E-state index >= 15 is 0 Å². The van der Waals surface area contributed by atoms with Crippen LogP contribution in [-0.4, -0.2) is 40.3 Å². The second kappa shape index (κ2) is 6.90. The summed E-state index contributed by atoms with van der Waals surface area (Å²) in [6.45, 7) is 4.91. The molecule has 0 saturated carbocycles. The highest BCUT2D eigenvalue weighted by Crippen LogP contribution is 2.31. The minimum Gasteiger partial charge on any atom is -0.508 e. The first-order valence-corrected chi connectivity index (χ1v) is 9.51. The Kier molecular flexibility index (Phi) is 4.60. The van der Waals surface area contributed by atoms with E-state index in [9.17, 15) is 10.2 Å². The number of hydrogen-bond donors (Lipinski definition) is 2. The van der Waals surface area contributed by atoms with Crippen molar-refractivity contribution < 1.29 is 10.2 Å². The average molecular weight is 349 g/mol. The maximum atomic E-state index is 11.0. The van der Waals surface area contributed by atoms with E-state index in [1.165, 1.54) is 22.3 Å². The lowest BCUT2D eigenvalue weighted by Crippen LogP contribution is -2.46. The van der Waals surface area contributed by atoms with Crippen molar-refractivity contribution in [1.82, 2.24) is 4.90 Å². The van der Waals surface area contributed by atoms with Gasteiger partial charge < -0.3 is 10.2 Å². The molecule has 1 saturated heterocycles. The van der Waals surface area contributed by atoms with Crippen molar-refractivity contribution in [2.75, 3.05) is 19.6 Å². The maximum Gasteiger partial charge on any atom is 0.116 e. The summed E-state index contributed by atoms with van der Waals surface area (Å²) in [5.74, 6) is 0.334. The van der Waals surface area contributed by atoms with Gasteiger partial charge in [-0.1, -0.05) is 47.5 Å². The van der Waals surface area contributed by atoms with E-state index in [0.717, 1.165) is 50.9 Å². The molecule has 3 heteroatoms. The molecule has 2 N–H and O–H groups in total. The number of aryl methyl sites for hydroxylation is 1. The topological polar surface area (TPSA) is 43.7 Å². The number of benzene rings is 2. The number of likely N-dealkylation sites (tertiary alicyclic amines) is 1. The molecule has 136 valence electrons. The van der Waals surface area contributed by atoms with Gasteiger partial charge in [0, 0.05) is 26.1 Å². The number of fused-ring (bicyclic) bond motifs is 1. The van der Waals surface area contributed by atoms with Crippen molar-refractivity contribution >= 4 is 6.08 Å². The fourth-order valence-electron chi connectivity index (χ4n) is 4.17. The van der Waals surface area contributed by atoms with E-state index in [1.807, 2.05) is 12.1 Å². The van der Waals surface area contributed by atoms with Gasteiger partial charge in [-0.25, -0.2) is 0 Å². The summed E-state index contributed by atoms with van der Waals surface area (Å²) in [5, 5.41) is 20.6. The van der Waals surface area contributed by atoms with Gasteiger partial charge >= 0.3 is 0 Å². The SMILES string of the molecule is Cc1ccc(CC2(O)CCN(CC3=Cc4cc(O)ccc4C3)CC2)cc1. The van der Waals surface area contributed by atoms with Crippen LogP contribution in [0.2, 0.25) is 0 Å². The summed E-state index contributed by atoms with van der Waals surface area (Å²) in [6.07, 6.45) is 5.57. The van der Waals surface area contributed by atoms with Crippen LogP contribution in [0.15, 0.2) is 48.0 Å². The van der Waals surface area contributed by atoms with E-state index in [0.29, 0.717) is 5.75 Å². The summed E-state index contributed by atoms with van der Waals surface area (Å²) in [4.78, 5) is 2.45. The minimum atomic E-state index is -0.579. The van der Waals surface area contributed by atoms with E-state index < -0.39 is 5.60 Å². The Morgan fingerprint density at radius 3 is 2.50 bits per heavy atom. The smallest absolute Gasteiger partial charge is 0.116 e. The monoisotopic (exact) mass is 349 g/mol. The summed E-state index contributed by atoms with van der Waals surface area (Å²) in [7, 11) is 0.